The molecule has 6 heteroatoms. The standard InChI is InChI=1S/C5H8F4O2/c1-3(6)4(11-2-10)5(7,8)9/h3-4,10H,2H2,1H3. The van der Waals surface area contributed by atoms with E-state index in [-0.39, 0.29) is 0 Å². The van der Waals surface area contributed by atoms with Gasteiger partial charge in [-0.25, -0.2) is 4.39 Å². The third-order valence-corrected chi connectivity index (χ3v) is 0.994. The lowest BCUT2D eigenvalue weighted by molar-refractivity contribution is -0.251. The van der Waals surface area contributed by atoms with Gasteiger partial charge < -0.3 is 9.84 Å². The molecule has 0 bridgehead atoms. The van der Waals surface area contributed by atoms with Gasteiger partial charge in [0.15, 0.2) is 6.10 Å². The second-order valence-electron chi connectivity index (χ2n) is 1.94. The van der Waals surface area contributed by atoms with Crippen molar-refractivity contribution in [3.63, 3.8) is 0 Å². The molecule has 0 radical (unpaired) electrons. The van der Waals surface area contributed by atoms with Gasteiger partial charge in [-0.05, 0) is 6.92 Å². The topological polar surface area (TPSA) is 29.5 Å². The van der Waals surface area contributed by atoms with Gasteiger partial charge in [0, 0.05) is 0 Å². The third kappa shape index (κ3) is 3.52. The molecule has 2 nitrogen and oxygen atoms in total. The zero-order valence-electron chi connectivity index (χ0n) is 5.73. The Kier molecular flexibility index (Phi) is 3.74. The van der Waals surface area contributed by atoms with E-state index in [1.807, 2.05) is 0 Å². The van der Waals surface area contributed by atoms with Crippen molar-refractivity contribution < 1.29 is 27.4 Å². The van der Waals surface area contributed by atoms with Crippen molar-refractivity contribution in [1.82, 2.24) is 0 Å². The van der Waals surface area contributed by atoms with Crippen molar-refractivity contribution in [2.45, 2.75) is 25.4 Å². The number of hydrogen-bond donors (Lipinski definition) is 1. The lowest BCUT2D eigenvalue weighted by atomic mass is 10.2. The highest BCUT2D eigenvalue weighted by Gasteiger charge is 2.44. The molecule has 0 saturated heterocycles. The molecule has 0 amide bonds. The summed E-state index contributed by atoms with van der Waals surface area (Å²) in [5.41, 5.74) is 0. The lowest BCUT2D eigenvalue weighted by Gasteiger charge is -2.20. The molecule has 0 aliphatic carbocycles. The van der Waals surface area contributed by atoms with E-state index in [1.54, 1.807) is 0 Å². The first-order valence-corrected chi connectivity index (χ1v) is 2.83. The van der Waals surface area contributed by atoms with Crippen molar-refractivity contribution in [3.05, 3.63) is 0 Å². The first-order chi connectivity index (χ1) is 4.89. The van der Waals surface area contributed by atoms with E-state index < -0.39 is 25.2 Å². The maximum absolute atomic E-state index is 12.1. The van der Waals surface area contributed by atoms with E-state index in [9.17, 15) is 17.6 Å². The van der Waals surface area contributed by atoms with E-state index in [2.05, 4.69) is 4.74 Å². The number of aliphatic hydroxyl groups excluding tert-OH is 1. The number of hydrogen-bond acceptors (Lipinski definition) is 2. The molecule has 11 heavy (non-hydrogen) atoms. The first-order valence-electron chi connectivity index (χ1n) is 2.83. The molecule has 0 rings (SSSR count). The molecule has 68 valence electrons. The zero-order valence-corrected chi connectivity index (χ0v) is 5.73. The molecule has 2 atom stereocenters. The van der Waals surface area contributed by atoms with Gasteiger partial charge in [0.05, 0.1) is 0 Å². The molecule has 0 saturated carbocycles. The Morgan fingerprint density at radius 3 is 2.00 bits per heavy atom. The van der Waals surface area contributed by atoms with Crippen LogP contribution in [0.15, 0.2) is 0 Å². The Labute approximate surface area is 60.8 Å². The van der Waals surface area contributed by atoms with Gasteiger partial charge in [0.2, 0.25) is 0 Å². The Morgan fingerprint density at radius 1 is 1.45 bits per heavy atom. The molecule has 0 spiro atoms. The summed E-state index contributed by atoms with van der Waals surface area (Å²) in [6.45, 7) is -0.424. The molecule has 0 aliphatic heterocycles. The quantitative estimate of drug-likeness (QED) is 0.517. The highest BCUT2D eigenvalue weighted by molar-refractivity contribution is 4.72. The fraction of sp³-hybridized carbons (Fsp3) is 1.00. The normalized spacial score (nSPS) is 18.0. The minimum absolute atomic E-state index is 0.716. The molecule has 0 heterocycles. The summed E-state index contributed by atoms with van der Waals surface area (Å²) in [7, 11) is 0. The molecule has 2 unspecified atom stereocenters. The summed E-state index contributed by atoms with van der Waals surface area (Å²) < 4.78 is 50.9. The Morgan fingerprint density at radius 2 is 1.91 bits per heavy atom. The van der Waals surface area contributed by atoms with Crippen LogP contribution >= 0.6 is 0 Å². The Hall–Kier alpha value is -0.360. The molecule has 0 aliphatic rings. The Balaban J connectivity index is 4.10. The number of ether oxygens (including phenoxy) is 1. The van der Waals surface area contributed by atoms with Gasteiger partial charge in [-0.3, -0.25) is 0 Å². The lowest BCUT2D eigenvalue weighted by Crippen LogP contribution is -2.38. The predicted octanol–water partition coefficient (Wildman–Crippen LogP) is 1.24. The van der Waals surface area contributed by atoms with Crippen molar-refractivity contribution >= 4 is 0 Å². The van der Waals surface area contributed by atoms with Crippen LogP contribution in [0, 0.1) is 0 Å². The second kappa shape index (κ2) is 3.87. The van der Waals surface area contributed by atoms with Gasteiger partial charge in [0.1, 0.15) is 13.0 Å². The summed E-state index contributed by atoms with van der Waals surface area (Å²) in [6, 6.07) is 0. The van der Waals surface area contributed by atoms with Crippen LogP contribution in [0.2, 0.25) is 0 Å². The van der Waals surface area contributed by atoms with E-state index in [0.717, 1.165) is 0 Å². The van der Waals surface area contributed by atoms with E-state index in [1.165, 1.54) is 0 Å². The van der Waals surface area contributed by atoms with E-state index in [4.69, 9.17) is 5.11 Å². The largest absolute Gasteiger partial charge is 0.417 e. The highest BCUT2D eigenvalue weighted by atomic mass is 19.4. The van der Waals surface area contributed by atoms with Crippen LogP contribution in [0.3, 0.4) is 0 Å². The van der Waals surface area contributed by atoms with Crippen molar-refractivity contribution in [3.8, 4) is 0 Å². The van der Waals surface area contributed by atoms with Gasteiger partial charge in [0.25, 0.3) is 0 Å². The average molecular weight is 176 g/mol. The molecular weight excluding hydrogens is 168 g/mol. The predicted molar refractivity (Wildman–Crippen MR) is 28.6 cm³/mol. The van der Waals surface area contributed by atoms with Crippen LogP contribution in [0.5, 0.6) is 0 Å². The number of alkyl halides is 4. The van der Waals surface area contributed by atoms with Crippen LogP contribution in [0.4, 0.5) is 17.6 Å². The minimum Gasteiger partial charge on any atom is -0.371 e. The van der Waals surface area contributed by atoms with Gasteiger partial charge in [-0.1, -0.05) is 0 Å². The van der Waals surface area contributed by atoms with Crippen molar-refractivity contribution in [2.75, 3.05) is 6.79 Å². The van der Waals surface area contributed by atoms with Crippen molar-refractivity contribution in [1.29, 1.82) is 0 Å². The summed E-state index contributed by atoms with van der Waals surface area (Å²) in [4.78, 5) is 0. The average Bonchev–Trinajstić information content (AvgIpc) is 1.79. The SMILES string of the molecule is CC(F)C(OCO)C(F)(F)F. The summed E-state index contributed by atoms with van der Waals surface area (Å²) in [5, 5.41) is 7.96. The smallest absolute Gasteiger partial charge is 0.371 e. The monoisotopic (exact) mass is 176 g/mol. The molecule has 0 aromatic rings. The fourth-order valence-electron chi connectivity index (χ4n) is 0.568. The van der Waals surface area contributed by atoms with Gasteiger partial charge in [-0.15, -0.1) is 0 Å². The maximum atomic E-state index is 12.1. The van der Waals surface area contributed by atoms with E-state index >= 15 is 0 Å². The van der Waals surface area contributed by atoms with Crippen LogP contribution in [-0.4, -0.2) is 30.4 Å². The molecular formula is C5H8F4O2. The fourth-order valence-corrected chi connectivity index (χ4v) is 0.568. The Bertz CT molecular complexity index is 112. The van der Waals surface area contributed by atoms with Crippen LogP contribution in [0.25, 0.3) is 0 Å². The summed E-state index contributed by atoms with van der Waals surface area (Å²) >= 11 is 0. The highest BCUT2D eigenvalue weighted by Crippen LogP contribution is 2.26. The van der Waals surface area contributed by atoms with Crippen LogP contribution in [-0.2, 0) is 4.74 Å². The van der Waals surface area contributed by atoms with Crippen molar-refractivity contribution in [2.24, 2.45) is 0 Å². The van der Waals surface area contributed by atoms with Crippen LogP contribution < -0.4 is 0 Å². The maximum Gasteiger partial charge on any atom is 0.417 e. The number of aliphatic hydroxyl groups is 1. The first kappa shape index (κ1) is 10.6. The summed E-state index contributed by atoms with van der Waals surface area (Å²) in [5.74, 6) is 0. The summed E-state index contributed by atoms with van der Waals surface area (Å²) in [6.07, 6.45) is -9.48. The van der Waals surface area contributed by atoms with E-state index in [0.29, 0.717) is 6.92 Å². The zero-order chi connectivity index (χ0) is 9.07. The molecule has 0 aromatic carbocycles. The van der Waals surface area contributed by atoms with Gasteiger partial charge in [-0.2, -0.15) is 13.2 Å². The number of halogens is 4. The third-order valence-electron chi connectivity index (χ3n) is 0.994. The van der Waals surface area contributed by atoms with Crippen LogP contribution in [0.1, 0.15) is 6.92 Å². The van der Waals surface area contributed by atoms with Gasteiger partial charge >= 0.3 is 6.18 Å². The number of rotatable bonds is 3. The minimum atomic E-state index is -4.77. The molecule has 0 aromatic heterocycles. The molecule has 1 N–H and O–H groups in total. The molecule has 0 fully saturated rings. The second-order valence-corrected chi connectivity index (χ2v) is 1.94.